The molecule has 0 saturated heterocycles. The van der Waals surface area contributed by atoms with Gasteiger partial charge in [-0.15, -0.1) is 0 Å². The second-order valence-electron chi connectivity index (χ2n) is 3.44. The van der Waals surface area contributed by atoms with E-state index in [1.54, 1.807) is 12.1 Å². The van der Waals surface area contributed by atoms with Gasteiger partial charge in [-0.05, 0) is 18.2 Å². The van der Waals surface area contributed by atoms with E-state index in [0.29, 0.717) is 17.2 Å². The zero-order valence-corrected chi connectivity index (χ0v) is 11.4. The number of carbonyl (C=O) groups is 1. The van der Waals surface area contributed by atoms with Gasteiger partial charge in [0.25, 0.3) is 0 Å². The smallest absolute Gasteiger partial charge is 0.321 e. The molecule has 4 nitrogen and oxygen atoms in total. The predicted octanol–water partition coefficient (Wildman–Crippen LogP) is 2.19. The molecule has 17 heavy (non-hydrogen) atoms. The van der Waals surface area contributed by atoms with Crippen LogP contribution in [0.1, 0.15) is 5.56 Å². The van der Waals surface area contributed by atoms with Gasteiger partial charge >= 0.3 is 5.97 Å². The highest BCUT2D eigenvalue weighted by molar-refractivity contribution is 9.10. The number of nitrogens with zero attached hydrogens (tertiary/aromatic N) is 1. The average molecular weight is 316 g/mol. The van der Waals surface area contributed by atoms with Crippen LogP contribution in [0.3, 0.4) is 0 Å². The highest BCUT2D eigenvalue weighted by Gasteiger charge is 2.28. The summed E-state index contributed by atoms with van der Waals surface area (Å²) < 4.78 is 5.46. The van der Waals surface area contributed by atoms with E-state index in [4.69, 9.17) is 0 Å². The second-order valence-corrected chi connectivity index (χ2v) is 5.54. The molecule has 0 aliphatic carbocycles. The molecule has 1 aliphatic rings. The summed E-state index contributed by atoms with van der Waals surface area (Å²) in [5, 5.41) is 10.2. The number of ether oxygens (including phenoxy) is 1. The number of phenolic OH excluding ortho intramolecular Hbond substituents is 1. The van der Waals surface area contributed by atoms with Crippen LogP contribution in [-0.2, 0) is 9.53 Å². The first-order valence-corrected chi connectivity index (χ1v) is 6.57. The quantitative estimate of drug-likeness (QED) is 0.850. The minimum Gasteiger partial charge on any atom is -0.507 e. The standard InChI is InChI=1S/C11H10BrNO3S/c1-16-11(15)9-5-13-10(17-9)7-3-2-6(12)4-8(7)14/h2-4,9,14H,5H2,1H3. The first-order chi connectivity index (χ1) is 8.11. The molecule has 1 aromatic rings. The molecule has 1 aliphatic heterocycles. The Balaban J connectivity index is 2.18. The lowest BCUT2D eigenvalue weighted by Crippen LogP contribution is -2.19. The molecule has 1 heterocycles. The van der Waals surface area contributed by atoms with Crippen LogP contribution in [0.15, 0.2) is 27.7 Å². The fourth-order valence-corrected chi connectivity index (χ4v) is 2.87. The van der Waals surface area contributed by atoms with Crippen LogP contribution in [0.2, 0.25) is 0 Å². The lowest BCUT2D eigenvalue weighted by Gasteiger charge is -2.06. The molecule has 0 amide bonds. The van der Waals surface area contributed by atoms with E-state index >= 15 is 0 Å². The van der Waals surface area contributed by atoms with Gasteiger partial charge in [0.1, 0.15) is 16.0 Å². The Bertz CT molecular complexity index is 490. The van der Waals surface area contributed by atoms with E-state index in [1.165, 1.54) is 18.9 Å². The Hall–Kier alpha value is -1.01. The van der Waals surface area contributed by atoms with E-state index in [2.05, 4.69) is 25.7 Å². The molecule has 1 N–H and O–H groups in total. The molecule has 0 saturated carbocycles. The van der Waals surface area contributed by atoms with Crippen molar-refractivity contribution in [3.05, 3.63) is 28.2 Å². The Kier molecular flexibility index (Phi) is 3.73. The second kappa shape index (κ2) is 5.10. The number of methoxy groups -OCH3 is 1. The molecule has 0 radical (unpaired) electrons. The van der Waals surface area contributed by atoms with Crippen molar-refractivity contribution in [1.82, 2.24) is 0 Å². The van der Waals surface area contributed by atoms with Crippen LogP contribution in [0.25, 0.3) is 0 Å². The summed E-state index contributed by atoms with van der Waals surface area (Å²) in [6, 6.07) is 5.19. The summed E-state index contributed by atoms with van der Waals surface area (Å²) >= 11 is 4.59. The number of aliphatic imine (C=N–C) groups is 1. The highest BCUT2D eigenvalue weighted by Crippen LogP contribution is 2.32. The third-order valence-corrected chi connectivity index (χ3v) is 4.00. The molecule has 6 heteroatoms. The van der Waals surface area contributed by atoms with Crippen molar-refractivity contribution in [2.24, 2.45) is 4.99 Å². The van der Waals surface area contributed by atoms with Gasteiger partial charge in [0, 0.05) is 10.0 Å². The zero-order valence-electron chi connectivity index (χ0n) is 9.01. The highest BCUT2D eigenvalue weighted by atomic mass is 79.9. The Labute approximate surface area is 111 Å². The number of hydrogen-bond donors (Lipinski definition) is 1. The van der Waals surface area contributed by atoms with E-state index in [-0.39, 0.29) is 17.0 Å². The van der Waals surface area contributed by atoms with Crippen LogP contribution >= 0.6 is 27.7 Å². The molecule has 90 valence electrons. The third-order valence-electron chi connectivity index (χ3n) is 2.31. The number of rotatable bonds is 2. The van der Waals surface area contributed by atoms with Gasteiger partial charge in [-0.25, -0.2) is 0 Å². The lowest BCUT2D eigenvalue weighted by molar-refractivity contribution is -0.139. The maximum atomic E-state index is 11.3. The summed E-state index contributed by atoms with van der Waals surface area (Å²) in [6.07, 6.45) is 0. The monoisotopic (exact) mass is 315 g/mol. The predicted molar refractivity (Wildman–Crippen MR) is 70.6 cm³/mol. The van der Waals surface area contributed by atoms with Crippen molar-refractivity contribution in [1.29, 1.82) is 0 Å². The zero-order chi connectivity index (χ0) is 12.4. The van der Waals surface area contributed by atoms with Gasteiger partial charge < -0.3 is 9.84 Å². The molecular weight excluding hydrogens is 306 g/mol. The van der Waals surface area contributed by atoms with E-state index in [9.17, 15) is 9.90 Å². The van der Waals surface area contributed by atoms with Crippen LogP contribution in [0, 0.1) is 0 Å². The minimum absolute atomic E-state index is 0.149. The van der Waals surface area contributed by atoms with Crippen LogP contribution < -0.4 is 0 Å². The molecule has 1 aromatic carbocycles. The SMILES string of the molecule is COC(=O)C1CN=C(c2ccc(Br)cc2O)S1. The van der Waals surface area contributed by atoms with Crippen LogP contribution in [0.4, 0.5) is 0 Å². The number of carbonyl (C=O) groups excluding carboxylic acids is 1. The molecule has 0 bridgehead atoms. The van der Waals surface area contributed by atoms with E-state index in [0.717, 1.165) is 4.47 Å². The minimum atomic E-state index is -0.307. The maximum absolute atomic E-state index is 11.3. The molecule has 2 rings (SSSR count). The van der Waals surface area contributed by atoms with Crippen LogP contribution in [0.5, 0.6) is 5.75 Å². The number of phenols is 1. The Morgan fingerprint density at radius 3 is 3.06 bits per heavy atom. The summed E-state index contributed by atoms with van der Waals surface area (Å²) in [5.74, 6) is -0.138. The van der Waals surface area contributed by atoms with Crippen molar-refractivity contribution in [3.8, 4) is 5.75 Å². The van der Waals surface area contributed by atoms with Gasteiger partial charge in [0.15, 0.2) is 0 Å². The van der Waals surface area contributed by atoms with Gasteiger partial charge in [-0.3, -0.25) is 9.79 Å². The summed E-state index contributed by atoms with van der Waals surface area (Å²) in [5.41, 5.74) is 0.643. The number of thioether (sulfide) groups is 1. The van der Waals surface area contributed by atoms with Gasteiger partial charge in [-0.2, -0.15) is 0 Å². The van der Waals surface area contributed by atoms with Crippen molar-refractivity contribution in [2.45, 2.75) is 5.25 Å². The van der Waals surface area contributed by atoms with Crippen molar-refractivity contribution < 1.29 is 14.6 Å². The number of hydrogen-bond acceptors (Lipinski definition) is 5. The summed E-state index contributed by atoms with van der Waals surface area (Å²) in [6.45, 7) is 0.391. The van der Waals surface area contributed by atoms with Gasteiger partial charge in [0.05, 0.1) is 13.7 Å². The van der Waals surface area contributed by atoms with Crippen molar-refractivity contribution in [3.63, 3.8) is 0 Å². The first kappa shape index (κ1) is 12.4. The van der Waals surface area contributed by atoms with E-state index < -0.39 is 0 Å². The van der Waals surface area contributed by atoms with Crippen molar-refractivity contribution in [2.75, 3.05) is 13.7 Å². The topological polar surface area (TPSA) is 58.9 Å². The molecule has 1 unspecified atom stereocenters. The van der Waals surface area contributed by atoms with E-state index in [1.807, 2.05) is 6.07 Å². The molecule has 0 spiro atoms. The molecule has 1 atom stereocenters. The van der Waals surface area contributed by atoms with Crippen molar-refractivity contribution >= 4 is 38.7 Å². The number of esters is 1. The molecule has 0 fully saturated rings. The number of aromatic hydroxyl groups is 1. The average Bonchev–Trinajstić information content (AvgIpc) is 2.77. The lowest BCUT2D eigenvalue weighted by atomic mass is 10.2. The number of halogens is 1. The van der Waals surface area contributed by atoms with Crippen LogP contribution in [-0.4, -0.2) is 35.0 Å². The summed E-state index contributed by atoms with van der Waals surface area (Å²) in [7, 11) is 1.36. The maximum Gasteiger partial charge on any atom is 0.321 e. The van der Waals surface area contributed by atoms with Gasteiger partial charge in [0.2, 0.25) is 0 Å². The normalized spacial score (nSPS) is 18.9. The molecule has 0 aromatic heterocycles. The third kappa shape index (κ3) is 2.63. The largest absolute Gasteiger partial charge is 0.507 e. The number of benzene rings is 1. The first-order valence-electron chi connectivity index (χ1n) is 4.89. The fourth-order valence-electron chi connectivity index (χ4n) is 1.46. The fraction of sp³-hybridized carbons (Fsp3) is 0.273. The summed E-state index contributed by atoms with van der Waals surface area (Å²) in [4.78, 5) is 15.6. The Morgan fingerprint density at radius 1 is 1.65 bits per heavy atom. The van der Waals surface area contributed by atoms with Gasteiger partial charge in [-0.1, -0.05) is 27.7 Å². The molecular formula is C11H10BrNO3S. The Morgan fingerprint density at radius 2 is 2.41 bits per heavy atom.